The van der Waals surface area contributed by atoms with Crippen molar-refractivity contribution in [2.45, 2.75) is 52.4 Å². The molecule has 0 atom stereocenters. The van der Waals surface area contributed by atoms with Gasteiger partial charge in [-0.05, 0) is 46.2 Å². The van der Waals surface area contributed by atoms with E-state index in [1.165, 1.54) is 40.1 Å². The normalized spacial score (nSPS) is 11.8. The van der Waals surface area contributed by atoms with Gasteiger partial charge in [0.15, 0.2) is 7.14 Å². The van der Waals surface area contributed by atoms with Crippen LogP contribution in [0.15, 0.2) is 170 Å². The van der Waals surface area contributed by atoms with Gasteiger partial charge < -0.3 is 0 Å². The zero-order chi connectivity index (χ0) is 32.6. The molecule has 46 heavy (non-hydrogen) atoms. The van der Waals surface area contributed by atoms with E-state index in [2.05, 4.69) is 211 Å². The molecule has 232 valence electrons. The summed E-state index contributed by atoms with van der Waals surface area (Å²) in [5.74, 6) is 0. The Balaban J connectivity index is 0.000000184. The predicted molar refractivity (Wildman–Crippen MR) is 198 cm³/mol. The van der Waals surface area contributed by atoms with Crippen LogP contribution in [0.3, 0.4) is 0 Å². The van der Waals surface area contributed by atoms with Crippen LogP contribution in [0.1, 0.15) is 52.7 Å². The zero-order valence-electron chi connectivity index (χ0n) is 28.1. The fourth-order valence-corrected chi connectivity index (χ4v) is 8.43. The lowest BCUT2D eigenvalue weighted by molar-refractivity contribution is -0.597. The molecule has 0 aliphatic carbocycles. The third-order valence-electron chi connectivity index (χ3n) is 8.84. The Bertz CT molecular complexity index is 1550. The summed E-state index contributed by atoms with van der Waals surface area (Å²) in [7, 11) is 0. The third-order valence-corrected chi connectivity index (χ3v) is 11.5. The van der Waals surface area contributed by atoms with Crippen molar-refractivity contribution in [1.82, 2.24) is 0 Å². The maximum Gasteiger partial charge on any atom is 0.357 e. The molecule has 0 N–H and O–H groups in total. The molecule has 6 aromatic rings. The van der Waals surface area contributed by atoms with Gasteiger partial charge in [0.25, 0.3) is 0 Å². The lowest BCUT2D eigenvalue weighted by atomic mass is 9.13. The molecule has 0 saturated carbocycles. The fourth-order valence-electron chi connectivity index (χ4n) is 6.27. The molecular formula is C44H46BI. The van der Waals surface area contributed by atoms with Gasteiger partial charge in [-0.15, -0.1) is 0 Å². The quantitative estimate of drug-likeness (QED) is 0.159. The molecule has 0 spiro atoms. The molecule has 0 radical (unpaired) electrons. The molecule has 2 heteroatoms. The SMILES string of the molecule is CC(C)(C)c1ccc([I+]c2ccc(C(C)(C)C)cc2)cc1.c1ccc([B-](c2ccccc2)(c2ccccc2)c2ccccc2)cc1. The van der Waals surface area contributed by atoms with Crippen LogP contribution in [0.25, 0.3) is 0 Å². The first kappa shape index (κ1) is 33.5. The van der Waals surface area contributed by atoms with E-state index >= 15 is 0 Å². The smallest absolute Gasteiger partial charge is 0.195 e. The van der Waals surface area contributed by atoms with E-state index in [1.54, 1.807) is 0 Å². The van der Waals surface area contributed by atoms with E-state index in [1.807, 2.05) is 0 Å². The van der Waals surface area contributed by atoms with Crippen LogP contribution >= 0.6 is 0 Å². The maximum atomic E-state index is 2.31. The Hall–Kier alpha value is -3.89. The Kier molecular flexibility index (Phi) is 10.7. The Morgan fingerprint density at radius 2 is 0.565 bits per heavy atom. The van der Waals surface area contributed by atoms with Crippen LogP contribution in [0.2, 0.25) is 0 Å². The molecular weight excluding hydrogens is 666 g/mol. The number of benzene rings is 6. The third kappa shape index (κ3) is 7.90. The maximum absolute atomic E-state index is 2.31. The summed E-state index contributed by atoms with van der Waals surface area (Å²) in [5.41, 5.74) is 8.67. The Labute approximate surface area is 288 Å². The monoisotopic (exact) mass is 712 g/mol. The van der Waals surface area contributed by atoms with Gasteiger partial charge in [0.1, 0.15) is 6.15 Å². The van der Waals surface area contributed by atoms with Crippen LogP contribution < -0.4 is 43.1 Å². The summed E-state index contributed by atoms with van der Waals surface area (Å²) in [4.78, 5) is 0. The van der Waals surface area contributed by atoms with Crippen molar-refractivity contribution in [3.8, 4) is 0 Å². The standard InChI is InChI=1S/C24H20B.C20H26I/c1-5-13-21(14-6-1)25(22-15-7-2-8-16-22,23-17-9-3-10-18-23)24-19-11-4-12-20-24;1-19(2,3)15-7-11-17(12-8-15)21-18-13-9-16(10-14-18)20(4,5)6/h1-20H;7-14H,1-6H3/q-1;+1. The van der Waals surface area contributed by atoms with Crippen molar-refractivity contribution in [2.24, 2.45) is 0 Å². The largest absolute Gasteiger partial charge is 0.357 e. The minimum absolute atomic E-state index is 0.0703. The highest BCUT2D eigenvalue weighted by Gasteiger charge is 2.31. The fraction of sp³-hybridized carbons (Fsp3) is 0.182. The highest BCUT2D eigenvalue weighted by molar-refractivity contribution is 7.19. The molecule has 6 aromatic carbocycles. The van der Waals surface area contributed by atoms with Gasteiger partial charge in [0.2, 0.25) is 0 Å². The summed E-state index contributed by atoms with van der Waals surface area (Å²) in [6, 6.07) is 61.9. The van der Waals surface area contributed by atoms with Crippen LogP contribution in [-0.4, -0.2) is 6.15 Å². The summed E-state index contributed by atoms with van der Waals surface area (Å²) in [6.07, 6.45) is -1.22. The van der Waals surface area contributed by atoms with E-state index in [9.17, 15) is 0 Å². The van der Waals surface area contributed by atoms with Crippen LogP contribution in [0.4, 0.5) is 0 Å². The van der Waals surface area contributed by atoms with Crippen LogP contribution in [0.5, 0.6) is 0 Å². The van der Waals surface area contributed by atoms with Gasteiger partial charge in [0.05, 0.1) is 0 Å². The van der Waals surface area contributed by atoms with E-state index in [4.69, 9.17) is 0 Å². The first-order valence-corrected chi connectivity index (χ1v) is 18.5. The zero-order valence-corrected chi connectivity index (χ0v) is 30.3. The number of halogens is 1. The first-order chi connectivity index (χ1) is 22.1. The first-order valence-electron chi connectivity index (χ1n) is 16.3. The van der Waals surface area contributed by atoms with Crippen molar-refractivity contribution in [3.05, 3.63) is 188 Å². The van der Waals surface area contributed by atoms with Crippen LogP contribution in [-0.2, 0) is 10.8 Å². The predicted octanol–water partition coefficient (Wildman–Crippen LogP) is 5.47. The molecule has 0 aromatic heterocycles. The van der Waals surface area contributed by atoms with Crippen molar-refractivity contribution < 1.29 is 21.2 Å². The van der Waals surface area contributed by atoms with E-state index < -0.39 is 6.15 Å². The Morgan fingerprint density at radius 3 is 0.783 bits per heavy atom. The van der Waals surface area contributed by atoms with Gasteiger partial charge in [-0.25, -0.2) is 0 Å². The van der Waals surface area contributed by atoms with Crippen molar-refractivity contribution in [1.29, 1.82) is 0 Å². The van der Waals surface area contributed by atoms with Gasteiger partial charge in [-0.3, -0.25) is 0 Å². The second kappa shape index (κ2) is 14.7. The molecule has 0 aliphatic heterocycles. The highest BCUT2D eigenvalue weighted by atomic mass is 127. The van der Waals surface area contributed by atoms with Crippen LogP contribution in [0, 0.1) is 7.14 Å². The average Bonchev–Trinajstić information content (AvgIpc) is 3.07. The summed E-state index contributed by atoms with van der Waals surface area (Å²) < 4.78 is 2.98. The molecule has 0 nitrogen and oxygen atoms in total. The highest BCUT2D eigenvalue weighted by Crippen LogP contribution is 2.22. The molecule has 0 fully saturated rings. The minimum Gasteiger partial charge on any atom is -0.195 e. The second-order valence-corrected chi connectivity index (χ2v) is 17.1. The van der Waals surface area contributed by atoms with E-state index in [-0.39, 0.29) is 32.0 Å². The minimum atomic E-state index is -1.22. The lowest BCUT2D eigenvalue weighted by Crippen LogP contribution is -3.61. The number of hydrogen-bond donors (Lipinski definition) is 0. The van der Waals surface area contributed by atoms with Gasteiger partial charge >= 0.3 is 21.2 Å². The topological polar surface area (TPSA) is 0 Å². The summed E-state index contributed by atoms with van der Waals surface area (Å²) in [5, 5.41) is 0. The average molecular weight is 713 g/mol. The number of rotatable bonds is 6. The van der Waals surface area contributed by atoms with Gasteiger partial charge in [0, 0.05) is 0 Å². The van der Waals surface area contributed by atoms with Crippen molar-refractivity contribution in [2.75, 3.05) is 0 Å². The molecule has 0 saturated heterocycles. The molecule has 0 unspecified atom stereocenters. The summed E-state index contributed by atoms with van der Waals surface area (Å²) >= 11 is -0.0703. The molecule has 0 amide bonds. The van der Waals surface area contributed by atoms with Crippen molar-refractivity contribution >= 4 is 28.0 Å². The molecule has 0 heterocycles. The number of hydrogen-bond acceptors (Lipinski definition) is 0. The molecule has 6 rings (SSSR count). The summed E-state index contributed by atoms with van der Waals surface area (Å²) in [6.45, 7) is 13.6. The van der Waals surface area contributed by atoms with E-state index in [0.29, 0.717) is 0 Å². The molecule has 0 aliphatic rings. The second-order valence-electron chi connectivity index (χ2n) is 14.1. The molecule has 0 bridgehead atoms. The van der Waals surface area contributed by atoms with Gasteiger partial charge in [-0.2, -0.15) is 21.9 Å². The van der Waals surface area contributed by atoms with Gasteiger partial charge in [-0.1, -0.05) is 187 Å². The van der Waals surface area contributed by atoms with E-state index in [0.717, 1.165) is 0 Å². The van der Waals surface area contributed by atoms with Crippen molar-refractivity contribution in [3.63, 3.8) is 0 Å². The lowest BCUT2D eigenvalue weighted by Gasteiger charge is -2.44. The Morgan fingerprint density at radius 1 is 0.326 bits per heavy atom.